The van der Waals surface area contributed by atoms with Gasteiger partial charge < -0.3 is 23.7 Å². The third-order valence-corrected chi connectivity index (χ3v) is 7.84. The van der Waals surface area contributed by atoms with Crippen LogP contribution in [0.1, 0.15) is 37.9 Å². The zero-order valence-electron chi connectivity index (χ0n) is 23.1. The van der Waals surface area contributed by atoms with E-state index in [1.807, 2.05) is 13.0 Å². The number of rotatable bonds is 10. The third-order valence-electron chi connectivity index (χ3n) is 6.17. The standard InChI is InChI=1S/C29H28BrN3O7S/c1-6-38-23-15-19(30)18(14-22(23)37-5)26-25(28(35)39-7-2)16(3)32-29-33(26)27(34)24(41-29)13-17-8-9-20(40-11-10-31)21(12-17)36-4/h8-9,12-15,26H,6-7,11H2,1-5H3/b24-13+/t26-/m1/s1. The molecule has 2 heterocycles. The maximum absolute atomic E-state index is 14.0. The average molecular weight is 643 g/mol. The fourth-order valence-corrected chi connectivity index (χ4v) is 6.01. The number of thiazole rings is 1. The summed E-state index contributed by atoms with van der Waals surface area (Å²) in [4.78, 5) is 32.3. The summed E-state index contributed by atoms with van der Waals surface area (Å²) in [6, 6.07) is 9.73. The number of allylic oxidation sites excluding steroid dienone is 1. The zero-order valence-corrected chi connectivity index (χ0v) is 25.6. The Morgan fingerprint density at radius 1 is 1.10 bits per heavy atom. The van der Waals surface area contributed by atoms with E-state index in [-0.39, 0.29) is 24.3 Å². The number of aromatic nitrogens is 1. The first-order valence-electron chi connectivity index (χ1n) is 12.7. The van der Waals surface area contributed by atoms with E-state index in [0.29, 0.717) is 60.2 Å². The molecular weight excluding hydrogens is 614 g/mol. The van der Waals surface area contributed by atoms with Crippen molar-refractivity contribution in [3.8, 4) is 29.1 Å². The van der Waals surface area contributed by atoms with E-state index in [2.05, 4.69) is 20.9 Å². The van der Waals surface area contributed by atoms with E-state index >= 15 is 0 Å². The minimum atomic E-state index is -0.845. The highest BCUT2D eigenvalue weighted by molar-refractivity contribution is 9.10. The second-order valence-electron chi connectivity index (χ2n) is 8.62. The molecule has 0 amide bonds. The molecule has 2 aromatic carbocycles. The molecule has 0 saturated heterocycles. The van der Waals surface area contributed by atoms with Crippen LogP contribution in [0.4, 0.5) is 0 Å². The van der Waals surface area contributed by atoms with Crippen molar-refractivity contribution in [1.29, 1.82) is 5.26 Å². The summed E-state index contributed by atoms with van der Waals surface area (Å²) in [5.41, 5.74) is 1.64. The van der Waals surface area contributed by atoms with Crippen LogP contribution in [0.2, 0.25) is 0 Å². The molecule has 41 heavy (non-hydrogen) atoms. The Hall–Kier alpha value is -4.08. The summed E-state index contributed by atoms with van der Waals surface area (Å²) >= 11 is 4.82. The molecule has 0 unspecified atom stereocenters. The fraction of sp³-hybridized carbons (Fsp3) is 0.310. The van der Waals surface area contributed by atoms with Gasteiger partial charge in [0.25, 0.3) is 5.56 Å². The van der Waals surface area contributed by atoms with Gasteiger partial charge in [0.05, 0.1) is 49.3 Å². The van der Waals surface area contributed by atoms with Gasteiger partial charge in [0.2, 0.25) is 0 Å². The zero-order chi connectivity index (χ0) is 29.7. The fourth-order valence-electron chi connectivity index (χ4n) is 4.43. The summed E-state index contributed by atoms with van der Waals surface area (Å²) in [6.45, 7) is 5.78. The molecule has 4 rings (SSSR count). The van der Waals surface area contributed by atoms with Gasteiger partial charge in [-0.05, 0) is 62.2 Å². The number of nitriles is 1. The van der Waals surface area contributed by atoms with Crippen LogP contribution in [0, 0.1) is 11.3 Å². The van der Waals surface area contributed by atoms with E-state index in [9.17, 15) is 9.59 Å². The predicted molar refractivity (Wildman–Crippen MR) is 156 cm³/mol. The quantitative estimate of drug-likeness (QED) is 0.306. The van der Waals surface area contributed by atoms with Gasteiger partial charge in [0.1, 0.15) is 6.07 Å². The maximum Gasteiger partial charge on any atom is 0.338 e. The number of benzene rings is 2. The van der Waals surface area contributed by atoms with E-state index in [1.165, 1.54) is 30.1 Å². The van der Waals surface area contributed by atoms with Crippen molar-refractivity contribution >= 4 is 39.3 Å². The first kappa shape index (κ1) is 29.9. The van der Waals surface area contributed by atoms with Crippen LogP contribution in [-0.4, -0.2) is 44.6 Å². The number of esters is 1. The molecule has 1 atom stereocenters. The van der Waals surface area contributed by atoms with Crippen molar-refractivity contribution in [2.24, 2.45) is 4.99 Å². The highest BCUT2D eigenvalue weighted by Crippen LogP contribution is 2.41. The predicted octanol–water partition coefficient (Wildman–Crippen LogP) is 3.88. The van der Waals surface area contributed by atoms with Gasteiger partial charge in [-0.25, -0.2) is 9.79 Å². The highest BCUT2D eigenvalue weighted by Gasteiger charge is 2.35. The van der Waals surface area contributed by atoms with Crippen LogP contribution in [0.5, 0.6) is 23.0 Å². The van der Waals surface area contributed by atoms with Crippen molar-refractivity contribution in [2.75, 3.05) is 34.0 Å². The van der Waals surface area contributed by atoms with Crippen molar-refractivity contribution < 1.29 is 28.5 Å². The minimum Gasteiger partial charge on any atom is -0.493 e. The Morgan fingerprint density at radius 2 is 1.83 bits per heavy atom. The van der Waals surface area contributed by atoms with Crippen LogP contribution >= 0.6 is 27.3 Å². The van der Waals surface area contributed by atoms with Gasteiger partial charge >= 0.3 is 5.97 Å². The Balaban J connectivity index is 1.94. The molecule has 1 aliphatic heterocycles. The van der Waals surface area contributed by atoms with Crippen LogP contribution in [-0.2, 0) is 9.53 Å². The lowest BCUT2D eigenvalue weighted by molar-refractivity contribution is -0.139. The van der Waals surface area contributed by atoms with E-state index in [0.717, 1.165) is 0 Å². The van der Waals surface area contributed by atoms with Gasteiger partial charge in [-0.2, -0.15) is 5.26 Å². The number of hydrogen-bond acceptors (Lipinski definition) is 10. The molecule has 0 bridgehead atoms. The molecule has 0 N–H and O–H groups in total. The maximum atomic E-state index is 14.0. The van der Waals surface area contributed by atoms with Gasteiger partial charge in [-0.3, -0.25) is 9.36 Å². The van der Waals surface area contributed by atoms with Crippen molar-refractivity contribution in [2.45, 2.75) is 26.8 Å². The Bertz CT molecular complexity index is 1740. The molecule has 214 valence electrons. The molecule has 1 aromatic heterocycles. The number of carbonyl (C=O) groups is 1. The molecule has 0 fully saturated rings. The number of fused-ring (bicyclic) bond motifs is 1. The monoisotopic (exact) mass is 641 g/mol. The van der Waals surface area contributed by atoms with Gasteiger partial charge in [-0.1, -0.05) is 33.3 Å². The molecular formula is C29H28BrN3O7S. The summed E-state index contributed by atoms with van der Waals surface area (Å²) in [6.07, 6.45) is 1.72. The van der Waals surface area contributed by atoms with E-state index in [1.54, 1.807) is 50.3 Å². The summed E-state index contributed by atoms with van der Waals surface area (Å²) < 4.78 is 30.0. The highest BCUT2D eigenvalue weighted by atomic mass is 79.9. The van der Waals surface area contributed by atoms with Gasteiger partial charge in [-0.15, -0.1) is 0 Å². The molecule has 0 saturated carbocycles. The lowest BCUT2D eigenvalue weighted by Gasteiger charge is -2.26. The number of ether oxygens (including phenoxy) is 5. The Kier molecular flexibility index (Phi) is 9.52. The largest absolute Gasteiger partial charge is 0.493 e. The first-order valence-corrected chi connectivity index (χ1v) is 14.3. The normalized spacial score (nSPS) is 14.6. The molecule has 12 heteroatoms. The van der Waals surface area contributed by atoms with Crippen molar-refractivity contribution in [3.05, 3.63) is 76.9 Å². The lowest BCUT2D eigenvalue weighted by Crippen LogP contribution is -2.40. The van der Waals surface area contributed by atoms with Crippen LogP contribution < -0.4 is 33.8 Å². The SMILES string of the molecule is CCOC(=O)C1=C(C)N=c2s/c(=C/c3ccc(OCC#N)c(OC)c3)c(=O)n2[C@@H]1c1cc(OC)c(OCC)cc1Br. The smallest absolute Gasteiger partial charge is 0.338 e. The molecule has 0 aliphatic carbocycles. The molecule has 10 nitrogen and oxygen atoms in total. The number of nitrogens with zero attached hydrogens (tertiary/aromatic N) is 3. The summed E-state index contributed by atoms with van der Waals surface area (Å²) in [7, 11) is 3.02. The number of halogens is 1. The molecule has 0 spiro atoms. The Labute approximate surface area is 248 Å². The minimum absolute atomic E-state index is 0.123. The summed E-state index contributed by atoms with van der Waals surface area (Å²) in [5.74, 6) is 1.25. The first-order chi connectivity index (χ1) is 19.8. The average Bonchev–Trinajstić information content (AvgIpc) is 3.25. The molecule has 1 aliphatic rings. The lowest BCUT2D eigenvalue weighted by atomic mass is 9.95. The van der Waals surface area contributed by atoms with Gasteiger partial charge in [0, 0.05) is 4.47 Å². The number of methoxy groups -OCH3 is 2. The van der Waals surface area contributed by atoms with E-state index < -0.39 is 12.0 Å². The molecule has 3 aromatic rings. The van der Waals surface area contributed by atoms with Gasteiger partial charge in [0.15, 0.2) is 34.4 Å². The topological polar surface area (TPSA) is 121 Å². The van der Waals surface area contributed by atoms with E-state index in [4.69, 9.17) is 28.9 Å². The van der Waals surface area contributed by atoms with Crippen LogP contribution in [0.15, 0.2) is 55.9 Å². The number of hydrogen-bond donors (Lipinski definition) is 0. The molecule has 0 radical (unpaired) electrons. The summed E-state index contributed by atoms with van der Waals surface area (Å²) in [5, 5.41) is 8.83. The second kappa shape index (κ2) is 13.1. The van der Waals surface area contributed by atoms with Crippen LogP contribution in [0.3, 0.4) is 0 Å². The second-order valence-corrected chi connectivity index (χ2v) is 10.5. The van der Waals surface area contributed by atoms with Crippen molar-refractivity contribution in [1.82, 2.24) is 4.57 Å². The number of carbonyl (C=O) groups excluding carboxylic acids is 1. The Morgan fingerprint density at radius 3 is 2.49 bits per heavy atom. The van der Waals surface area contributed by atoms with Crippen molar-refractivity contribution in [3.63, 3.8) is 0 Å². The third kappa shape index (κ3) is 6.01. The van der Waals surface area contributed by atoms with Crippen LogP contribution in [0.25, 0.3) is 6.08 Å².